The minimum Gasteiger partial charge on any atom is -0.328 e. The molecule has 0 radical (unpaired) electrons. The molecule has 0 amide bonds. The highest BCUT2D eigenvalue weighted by molar-refractivity contribution is 5.76. The van der Waals surface area contributed by atoms with Crippen LogP contribution in [0.3, 0.4) is 0 Å². The van der Waals surface area contributed by atoms with Gasteiger partial charge < -0.3 is 10.3 Å². The molecule has 2 N–H and O–H groups in total. The molecule has 0 fully saturated rings. The van der Waals surface area contributed by atoms with Crippen molar-refractivity contribution < 1.29 is 0 Å². The van der Waals surface area contributed by atoms with E-state index in [1.54, 1.807) is 6.20 Å². The van der Waals surface area contributed by atoms with Crippen LogP contribution in [0.1, 0.15) is 17.6 Å². The van der Waals surface area contributed by atoms with Crippen molar-refractivity contribution in [1.82, 2.24) is 14.5 Å². The van der Waals surface area contributed by atoms with Crippen LogP contribution >= 0.6 is 0 Å². The quantitative estimate of drug-likeness (QED) is 0.778. The van der Waals surface area contributed by atoms with Gasteiger partial charge in [0.25, 0.3) is 0 Å². The molecule has 1 unspecified atom stereocenters. The first-order valence-corrected chi connectivity index (χ1v) is 6.36. The van der Waals surface area contributed by atoms with Gasteiger partial charge in [-0.3, -0.25) is 4.98 Å². The molecule has 3 rings (SSSR count). The van der Waals surface area contributed by atoms with Gasteiger partial charge in [-0.05, 0) is 31.2 Å². The van der Waals surface area contributed by atoms with E-state index in [1.807, 2.05) is 43.3 Å². The molecule has 2 heterocycles. The summed E-state index contributed by atoms with van der Waals surface area (Å²) in [4.78, 5) is 9.01. The number of imidazole rings is 1. The van der Waals surface area contributed by atoms with E-state index in [0.29, 0.717) is 6.54 Å². The normalized spacial score (nSPS) is 12.7. The van der Waals surface area contributed by atoms with Crippen LogP contribution in [0.4, 0.5) is 0 Å². The highest BCUT2D eigenvalue weighted by Gasteiger charge is 2.18. The van der Waals surface area contributed by atoms with Gasteiger partial charge in [0.05, 0.1) is 22.8 Å². The zero-order valence-corrected chi connectivity index (χ0v) is 10.8. The van der Waals surface area contributed by atoms with E-state index in [4.69, 9.17) is 5.73 Å². The summed E-state index contributed by atoms with van der Waals surface area (Å²) in [5.41, 5.74) is 9.03. The van der Waals surface area contributed by atoms with Crippen molar-refractivity contribution in [3.8, 4) is 0 Å². The Morgan fingerprint density at radius 2 is 1.95 bits per heavy atom. The Kier molecular flexibility index (Phi) is 3.01. The molecule has 1 aromatic carbocycles. The zero-order valence-electron chi connectivity index (χ0n) is 10.8. The fraction of sp³-hybridized carbons (Fsp3) is 0.200. The number of hydrogen-bond acceptors (Lipinski definition) is 3. The van der Waals surface area contributed by atoms with Crippen LogP contribution in [0.25, 0.3) is 11.0 Å². The van der Waals surface area contributed by atoms with Gasteiger partial charge in [-0.1, -0.05) is 18.2 Å². The summed E-state index contributed by atoms with van der Waals surface area (Å²) in [6.45, 7) is 2.50. The molecule has 0 saturated carbocycles. The number of aromatic nitrogens is 3. The number of para-hydroxylation sites is 2. The molecular weight excluding hydrogens is 236 g/mol. The predicted molar refractivity (Wildman–Crippen MR) is 75.9 cm³/mol. The molecule has 0 spiro atoms. The average Bonchev–Trinajstić information content (AvgIpc) is 2.78. The van der Waals surface area contributed by atoms with Crippen molar-refractivity contribution >= 4 is 11.0 Å². The van der Waals surface area contributed by atoms with Gasteiger partial charge in [0, 0.05) is 12.7 Å². The number of nitrogens with two attached hydrogens (primary N) is 1. The lowest BCUT2D eigenvalue weighted by atomic mass is 10.1. The lowest BCUT2D eigenvalue weighted by Crippen LogP contribution is -2.22. The minimum atomic E-state index is 0.0219. The summed E-state index contributed by atoms with van der Waals surface area (Å²) >= 11 is 0. The summed E-state index contributed by atoms with van der Waals surface area (Å²) in [6.07, 6.45) is 1.80. The standard InChI is InChI=1S/C15H16N4/c1-11-18-13-7-2-3-8-14(13)19(11)15(10-16)12-6-4-5-9-17-12/h2-9,15H,10,16H2,1H3. The van der Waals surface area contributed by atoms with Gasteiger partial charge in [0.1, 0.15) is 5.82 Å². The first-order chi connectivity index (χ1) is 9.31. The van der Waals surface area contributed by atoms with E-state index in [9.17, 15) is 0 Å². The molecule has 2 aromatic heterocycles. The Morgan fingerprint density at radius 1 is 1.16 bits per heavy atom. The van der Waals surface area contributed by atoms with Crippen LogP contribution < -0.4 is 5.73 Å². The fourth-order valence-electron chi connectivity index (χ4n) is 2.49. The van der Waals surface area contributed by atoms with Crippen LogP contribution in [-0.4, -0.2) is 21.1 Å². The van der Waals surface area contributed by atoms with Crippen LogP contribution in [0.5, 0.6) is 0 Å². The Hall–Kier alpha value is -2.20. The molecular formula is C15H16N4. The number of rotatable bonds is 3. The molecule has 19 heavy (non-hydrogen) atoms. The number of aryl methyl sites for hydroxylation is 1. The maximum atomic E-state index is 5.97. The maximum absolute atomic E-state index is 5.97. The lowest BCUT2D eigenvalue weighted by Gasteiger charge is -2.18. The third kappa shape index (κ3) is 2.00. The van der Waals surface area contributed by atoms with Gasteiger partial charge in [0.15, 0.2) is 0 Å². The summed E-state index contributed by atoms with van der Waals surface area (Å²) < 4.78 is 2.16. The second-order valence-electron chi connectivity index (χ2n) is 4.52. The van der Waals surface area contributed by atoms with Crippen LogP contribution in [0, 0.1) is 6.92 Å². The molecule has 3 aromatic rings. The van der Waals surface area contributed by atoms with Crippen molar-refractivity contribution in [2.45, 2.75) is 13.0 Å². The van der Waals surface area contributed by atoms with Crippen molar-refractivity contribution in [3.63, 3.8) is 0 Å². The summed E-state index contributed by atoms with van der Waals surface area (Å²) in [6, 6.07) is 14.0. The first-order valence-electron chi connectivity index (χ1n) is 6.36. The molecule has 0 aliphatic carbocycles. The molecule has 1 atom stereocenters. The Bertz CT molecular complexity index is 688. The van der Waals surface area contributed by atoms with E-state index >= 15 is 0 Å². The number of hydrogen-bond donors (Lipinski definition) is 1. The van der Waals surface area contributed by atoms with E-state index in [1.165, 1.54) is 0 Å². The van der Waals surface area contributed by atoms with E-state index in [-0.39, 0.29) is 6.04 Å². The Balaban J connectivity index is 2.19. The fourth-order valence-corrected chi connectivity index (χ4v) is 2.49. The topological polar surface area (TPSA) is 56.7 Å². The number of fused-ring (bicyclic) bond motifs is 1. The van der Waals surface area contributed by atoms with Crippen LogP contribution in [0.15, 0.2) is 48.7 Å². The third-order valence-corrected chi connectivity index (χ3v) is 3.34. The highest BCUT2D eigenvalue weighted by atomic mass is 15.1. The van der Waals surface area contributed by atoms with Crippen molar-refractivity contribution in [1.29, 1.82) is 0 Å². The summed E-state index contributed by atoms with van der Waals surface area (Å²) in [7, 11) is 0. The van der Waals surface area contributed by atoms with Gasteiger partial charge in [-0.15, -0.1) is 0 Å². The zero-order chi connectivity index (χ0) is 13.2. The molecule has 0 aliphatic heterocycles. The molecule has 4 heteroatoms. The van der Waals surface area contributed by atoms with E-state index < -0.39 is 0 Å². The average molecular weight is 252 g/mol. The molecule has 96 valence electrons. The second kappa shape index (κ2) is 4.82. The largest absolute Gasteiger partial charge is 0.328 e. The molecule has 4 nitrogen and oxygen atoms in total. The van der Waals surface area contributed by atoms with Crippen molar-refractivity contribution in [2.24, 2.45) is 5.73 Å². The van der Waals surface area contributed by atoms with E-state index in [2.05, 4.69) is 20.6 Å². The molecule has 0 saturated heterocycles. The SMILES string of the molecule is Cc1nc2ccccc2n1C(CN)c1ccccn1. The minimum absolute atomic E-state index is 0.0219. The monoisotopic (exact) mass is 252 g/mol. The first kappa shape index (κ1) is 11.9. The predicted octanol–water partition coefficient (Wildman–Crippen LogP) is 2.29. The highest BCUT2D eigenvalue weighted by Crippen LogP contribution is 2.24. The summed E-state index contributed by atoms with van der Waals surface area (Å²) in [5.74, 6) is 0.960. The summed E-state index contributed by atoms with van der Waals surface area (Å²) in [5, 5.41) is 0. The van der Waals surface area contributed by atoms with Crippen LogP contribution in [-0.2, 0) is 0 Å². The Labute approximate surface area is 111 Å². The van der Waals surface area contributed by atoms with Gasteiger partial charge in [-0.25, -0.2) is 4.98 Å². The number of pyridine rings is 1. The van der Waals surface area contributed by atoms with Crippen molar-refractivity contribution in [2.75, 3.05) is 6.54 Å². The van der Waals surface area contributed by atoms with Crippen LogP contribution in [0.2, 0.25) is 0 Å². The lowest BCUT2D eigenvalue weighted by molar-refractivity contribution is 0.579. The Morgan fingerprint density at radius 3 is 2.68 bits per heavy atom. The van der Waals surface area contributed by atoms with Gasteiger partial charge in [0.2, 0.25) is 0 Å². The molecule has 0 aliphatic rings. The molecule has 0 bridgehead atoms. The second-order valence-corrected chi connectivity index (χ2v) is 4.52. The van der Waals surface area contributed by atoms with Crippen molar-refractivity contribution in [3.05, 3.63) is 60.2 Å². The third-order valence-electron chi connectivity index (χ3n) is 3.34. The number of benzene rings is 1. The van der Waals surface area contributed by atoms with Gasteiger partial charge >= 0.3 is 0 Å². The smallest absolute Gasteiger partial charge is 0.107 e. The number of nitrogens with zero attached hydrogens (tertiary/aromatic N) is 3. The van der Waals surface area contributed by atoms with E-state index in [0.717, 1.165) is 22.6 Å². The van der Waals surface area contributed by atoms with Gasteiger partial charge in [-0.2, -0.15) is 0 Å². The maximum Gasteiger partial charge on any atom is 0.107 e.